The third-order valence-corrected chi connectivity index (χ3v) is 4.53. The summed E-state index contributed by atoms with van der Waals surface area (Å²) in [5.74, 6) is 0. The van der Waals surface area contributed by atoms with Gasteiger partial charge in [-0.25, -0.2) is 0 Å². The van der Waals surface area contributed by atoms with Crippen LogP contribution < -0.4 is 10.2 Å². The zero-order valence-corrected chi connectivity index (χ0v) is 13.7. The van der Waals surface area contributed by atoms with Crippen LogP contribution in [0.4, 0.5) is 5.69 Å². The van der Waals surface area contributed by atoms with Gasteiger partial charge in [-0.1, -0.05) is 28.1 Å². The standard InChI is InChI=1S/C15H19BrN2S/c1-17-11-12-5-6-13(16)10-15(12)18(2)8-7-14-4-3-9-19-14/h3-6,9-10,17H,7-8,11H2,1-2H3. The average Bonchev–Trinajstić information content (AvgIpc) is 2.91. The highest BCUT2D eigenvalue weighted by atomic mass is 79.9. The van der Waals surface area contributed by atoms with Crippen molar-refractivity contribution in [3.8, 4) is 0 Å². The minimum atomic E-state index is 0.895. The fourth-order valence-corrected chi connectivity index (χ4v) is 3.13. The highest BCUT2D eigenvalue weighted by Gasteiger charge is 2.08. The van der Waals surface area contributed by atoms with E-state index in [1.807, 2.05) is 18.4 Å². The Kier molecular flexibility index (Phi) is 5.43. The fourth-order valence-electron chi connectivity index (χ4n) is 2.09. The Morgan fingerprint density at radius 2 is 2.16 bits per heavy atom. The molecule has 1 aromatic heterocycles. The molecule has 2 aromatic rings. The number of thiophene rings is 1. The van der Waals surface area contributed by atoms with E-state index < -0.39 is 0 Å². The quantitative estimate of drug-likeness (QED) is 0.858. The van der Waals surface area contributed by atoms with Crippen LogP contribution >= 0.6 is 27.3 Å². The van der Waals surface area contributed by atoms with Gasteiger partial charge >= 0.3 is 0 Å². The van der Waals surface area contributed by atoms with Crippen molar-refractivity contribution in [3.63, 3.8) is 0 Å². The van der Waals surface area contributed by atoms with E-state index >= 15 is 0 Å². The summed E-state index contributed by atoms with van der Waals surface area (Å²) in [7, 11) is 4.14. The van der Waals surface area contributed by atoms with E-state index in [9.17, 15) is 0 Å². The Labute approximate surface area is 127 Å². The van der Waals surface area contributed by atoms with Gasteiger partial charge in [-0.05, 0) is 42.6 Å². The van der Waals surface area contributed by atoms with E-state index in [1.54, 1.807) is 0 Å². The summed E-state index contributed by atoms with van der Waals surface area (Å²) in [6.45, 7) is 1.93. The normalized spacial score (nSPS) is 10.7. The van der Waals surface area contributed by atoms with E-state index in [4.69, 9.17) is 0 Å². The molecule has 1 heterocycles. The number of likely N-dealkylation sites (N-methyl/N-ethyl adjacent to an activating group) is 1. The van der Waals surface area contributed by atoms with Gasteiger partial charge in [0.15, 0.2) is 0 Å². The monoisotopic (exact) mass is 338 g/mol. The summed E-state index contributed by atoms with van der Waals surface area (Å²) in [5, 5.41) is 5.37. The van der Waals surface area contributed by atoms with Crippen LogP contribution in [0, 0.1) is 0 Å². The molecule has 2 nitrogen and oxygen atoms in total. The average molecular weight is 339 g/mol. The Morgan fingerprint density at radius 1 is 1.32 bits per heavy atom. The van der Waals surface area contributed by atoms with Crippen LogP contribution in [0.15, 0.2) is 40.2 Å². The number of halogens is 1. The van der Waals surface area contributed by atoms with Crippen molar-refractivity contribution in [1.29, 1.82) is 0 Å². The molecule has 0 aliphatic heterocycles. The zero-order valence-electron chi connectivity index (χ0n) is 11.3. The molecule has 1 aromatic carbocycles. The summed E-state index contributed by atoms with van der Waals surface area (Å²) in [6.07, 6.45) is 1.10. The van der Waals surface area contributed by atoms with Gasteiger partial charge in [-0.3, -0.25) is 0 Å². The van der Waals surface area contributed by atoms with Crippen LogP contribution in [0.1, 0.15) is 10.4 Å². The van der Waals surface area contributed by atoms with Gasteiger partial charge in [-0.15, -0.1) is 11.3 Å². The van der Waals surface area contributed by atoms with Crippen molar-refractivity contribution < 1.29 is 0 Å². The summed E-state index contributed by atoms with van der Waals surface area (Å²) >= 11 is 5.39. The summed E-state index contributed by atoms with van der Waals surface area (Å²) in [5.41, 5.74) is 2.62. The molecule has 1 N–H and O–H groups in total. The van der Waals surface area contributed by atoms with Gasteiger partial charge in [0.2, 0.25) is 0 Å². The van der Waals surface area contributed by atoms with Gasteiger partial charge in [0.25, 0.3) is 0 Å². The highest BCUT2D eigenvalue weighted by Crippen LogP contribution is 2.25. The molecule has 0 unspecified atom stereocenters. The number of benzene rings is 1. The second-order valence-corrected chi connectivity index (χ2v) is 6.50. The lowest BCUT2D eigenvalue weighted by Crippen LogP contribution is -2.22. The van der Waals surface area contributed by atoms with Gasteiger partial charge < -0.3 is 10.2 Å². The maximum Gasteiger partial charge on any atom is 0.0420 e. The number of hydrogen-bond acceptors (Lipinski definition) is 3. The second kappa shape index (κ2) is 7.08. The van der Waals surface area contributed by atoms with Crippen molar-refractivity contribution in [2.75, 3.05) is 25.5 Å². The van der Waals surface area contributed by atoms with Crippen molar-refractivity contribution >= 4 is 33.0 Å². The molecule has 102 valence electrons. The van der Waals surface area contributed by atoms with E-state index in [2.05, 4.69) is 68.9 Å². The molecule has 19 heavy (non-hydrogen) atoms. The SMILES string of the molecule is CNCc1ccc(Br)cc1N(C)CCc1cccs1. The Balaban J connectivity index is 2.08. The number of nitrogens with one attached hydrogen (secondary N) is 1. The number of hydrogen-bond donors (Lipinski definition) is 1. The molecule has 0 amide bonds. The number of nitrogens with zero attached hydrogens (tertiary/aromatic N) is 1. The second-order valence-electron chi connectivity index (χ2n) is 4.55. The lowest BCUT2D eigenvalue weighted by molar-refractivity contribution is 0.802. The summed E-state index contributed by atoms with van der Waals surface area (Å²) in [6, 6.07) is 10.8. The minimum absolute atomic E-state index is 0.895. The first-order valence-electron chi connectivity index (χ1n) is 6.37. The van der Waals surface area contributed by atoms with Crippen molar-refractivity contribution in [1.82, 2.24) is 5.32 Å². The van der Waals surface area contributed by atoms with E-state index in [0.29, 0.717) is 0 Å². The van der Waals surface area contributed by atoms with Gasteiger partial charge in [0, 0.05) is 35.2 Å². The topological polar surface area (TPSA) is 15.3 Å². The van der Waals surface area contributed by atoms with Gasteiger partial charge in [0.1, 0.15) is 0 Å². The molecule has 0 aliphatic carbocycles. The van der Waals surface area contributed by atoms with Crippen LogP contribution in [0.25, 0.3) is 0 Å². The fraction of sp³-hybridized carbons (Fsp3) is 0.333. The maximum absolute atomic E-state index is 3.56. The Bertz CT molecular complexity index is 511. The molecule has 2 rings (SSSR count). The molecular weight excluding hydrogens is 320 g/mol. The van der Waals surface area contributed by atoms with E-state index in [0.717, 1.165) is 24.0 Å². The molecule has 0 spiro atoms. The van der Waals surface area contributed by atoms with Crippen LogP contribution in [-0.4, -0.2) is 20.6 Å². The van der Waals surface area contributed by atoms with Crippen molar-refractivity contribution in [2.45, 2.75) is 13.0 Å². The Morgan fingerprint density at radius 3 is 2.84 bits per heavy atom. The molecule has 0 aliphatic rings. The molecule has 0 radical (unpaired) electrons. The van der Waals surface area contributed by atoms with E-state index in [1.165, 1.54) is 16.1 Å². The van der Waals surface area contributed by atoms with Crippen molar-refractivity contribution in [3.05, 3.63) is 50.6 Å². The van der Waals surface area contributed by atoms with Gasteiger partial charge in [0.05, 0.1) is 0 Å². The first-order valence-corrected chi connectivity index (χ1v) is 8.04. The first kappa shape index (κ1) is 14.6. The van der Waals surface area contributed by atoms with Crippen LogP contribution in [0.2, 0.25) is 0 Å². The molecule has 4 heteroatoms. The predicted octanol–water partition coefficient (Wildman–Crippen LogP) is 3.91. The molecule has 0 fully saturated rings. The highest BCUT2D eigenvalue weighted by molar-refractivity contribution is 9.10. The van der Waals surface area contributed by atoms with Gasteiger partial charge in [-0.2, -0.15) is 0 Å². The maximum atomic E-state index is 3.56. The molecule has 0 bridgehead atoms. The first-order chi connectivity index (χ1) is 9.20. The van der Waals surface area contributed by atoms with Crippen LogP contribution in [0.5, 0.6) is 0 Å². The van der Waals surface area contributed by atoms with E-state index in [-0.39, 0.29) is 0 Å². The third kappa shape index (κ3) is 4.06. The summed E-state index contributed by atoms with van der Waals surface area (Å²) in [4.78, 5) is 3.77. The molecule has 0 atom stereocenters. The smallest absolute Gasteiger partial charge is 0.0420 e. The van der Waals surface area contributed by atoms with Crippen LogP contribution in [0.3, 0.4) is 0 Å². The molecule has 0 saturated heterocycles. The third-order valence-electron chi connectivity index (χ3n) is 3.10. The number of anilines is 1. The Hall–Kier alpha value is -0.840. The zero-order chi connectivity index (χ0) is 13.7. The molecular formula is C15H19BrN2S. The predicted molar refractivity (Wildman–Crippen MR) is 88.2 cm³/mol. The summed E-state index contributed by atoms with van der Waals surface area (Å²) < 4.78 is 1.13. The lowest BCUT2D eigenvalue weighted by Gasteiger charge is -2.22. The largest absolute Gasteiger partial charge is 0.374 e. The lowest BCUT2D eigenvalue weighted by atomic mass is 10.1. The number of rotatable bonds is 6. The minimum Gasteiger partial charge on any atom is -0.374 e. The van der Waals surface area contributed by atoms with Crippen molar-refractivity contribution in [2.24, 2.45) is 0 Å². The van der Waals surface area contributed by atoms with Crippen LogP contribution in [-0.2, 0) is 13.0 Å². The molecule has 0 saturated carbocycles.